The summed E-state index contributed by atoms with van der Waals surface area (Å²) in [4.78, 5) is 0. The van der Waals surface area contributed by atoms with E-state index in [9.17, 15) is 0 Å². The second-order valence-corrected chi connectivity index (χ2v) is 4.98. The molecule has 14 heavy (non-hydrogen) atoms. The first kappa shape index (κ1) is 11.6. The monoisotopic (exact) mass is 269 g/mol. The van der Waals surface area contributed by atoms with Gasteiger partial charge in [-0.25, -0.2) is 0 Å². The van der Waals surface area contributed by atoms with Crippen molar-refractivity contribution in [2.45, 2.75) is 57.8 Å². The summed E-state index contributed by atoms with van der Waals surface area (Å²) in [6.45, 7) is 4.16. The van der Waals surface area contributed by atoms with Crippen molar-refractivity contribution in [1.29, 1.82) is 0 Å². The normalized spacial score (nSPS) is 45.1. The fourth-order valence-corrected chi connectivity index (χ4v) is 3.08. The summed E-state index contributed by atoms with van der Waals surface area (Å²) >= 11 is 0. The summed E-state index contributed by atoms with van der Waals surface area (Å²) in [6, 6.07) is 0. The van der Waals surface area contributed by atoms with Crippen LogP contribution in [0.4, 0.5) is 0 Å². The Balaban J connectivity index is 0.00000112. The van der Waals surface area contributed by atoms with Crippen LogP contribution in [0.15, 0.2) is 0 Å². The number of rotatable bonds is 1. The second-order valence-electron chi connectivity index (χ2n) is 4.98. The Morgan fingerprint density at radius 1 is 0.857 bits per heavy atom. The summed E-state index contributed by atoms with van der Waals surface area (Å²) in [7, 11) is 0. The van der Waals surface area contributed by atoms with Crippen LogP contribution >= 0.6 is 0 Å². The fourth-order valence-electron chi connectivity index (χ4n) is 3.08. The molecule has 1 heteroatoms. The van der Waals surface area contributed by atoms with Crippen molar-refractivity contribution in [2.75, 3.05) is 0 Å². The summed E-state index contributed by atoms with van der Waals surface area (Å²) < 4.78 is 7.70. The quantitative estimate of drug-likeness (QED) is 0.626. The largest absolute Gasteiger partial charge is 0.340 e. The average molecular weight is 269 g/mol. The first-order valence-electron chi connectivity index (χ1n) is 6.58. The van der Waals surface area contributed by atoms with Gasteiger partial charge in [-0.1, -0.05) is 57.8 Å². The molecule has 1 radical (unpaired) electrons. The smallest absolute Gasteiger partial charge is 0.0267 e. The molecule has 0 aromatic rings. The van der Waals surface area contributed by atoms with Crippen LogP contribution in [0.1, 0.15) is 59.1 Å². The molecule has 2 fully saturated rings. The van der Waals surface area contributed by atoms with Gasteiger partial charge in [-0.05, 0) is 11.8 Å². The van der Waals surface area contributed by atoms with E-state index in [1.165, 1.54) is 38.5 Å². The topological polar surface area (TPSA) is 0 Å². The minimum Gasteiger partial charge on any atom is -0.340 e. The molecule has 79 valence electrons. The van der Waals surface area contributed by atoms with Crippen molar-refractivity contribution in [3.63, 3.8) is 0 Å². The van der Waals surface area contributed by atoms with Crippen LogP contribution in [0.2, 0.25) is 0 Å². The van der Waals surface area contributed by atoms with Gasteiger partial charge in [0.05, 0.1) is 0 Å². The van der Waals surface area contributed by atoms with Crippen molar-refractivity contribution in [1.82, 2.24) is 0 Å². The van der Waals surface area contributed by atoms with Gasteiger partial charge in [0.15, 0.2) is 0 Å². The van der Waals surface area contributed by atoms with Crippen LogP contribution < -0.4 is 0 Å². The second kappa shape index (κ2) is 6.64. The summed E-state index contributed by atoms with van der Waals surface area (Å²) in [6.07, 6.45) is 10.8. The SMILES string of the molecule is [2H]C1CCC(C2CCC([CH2-])CC2)CC1.[Y]. The maximum absolute atomic E-state index is 7.70. The molecule has 0 aromatic carbocycles. The van der Waals surface area contributed by atoms with Gasteiger partial charge in [0.2, 0.25) is 0 Å². The standard InChI is InChI=1S/C13H23.Y/c1-11-7-9-13(10-8-11)12-5-3-2-4-6-12;/h11-13H,1-10H2;/q-1;/i2D;. The zero-order valence-corrected chi connectivity index (χ0v) is 12.1. The molecule has 0 aliphatic heterocycles. The fraction of sp³-hybridized carbons (Fsp3) is 0.923. The van der Waals surface area contributed by atoms with Crippen molar-refractivity contribution >= 4 is 0 Å². The molecule has 2 saturated carbocycles. The Bertz CT molecular complexity index is 147. The molecule has 2 rings (SSSR count). The Hall–Kier alpha value is 1.10. The molecule has 2 aliphatic carbocycles. The molecule has 0 aromatic heterocycles. The Morgan fingerprint density at radius 2 is 1.36 bits per heavy atom. The third-order valence-electron chi connectivity index (χ3n) is 4.04. The van der Waals surface area contributed by atoms with Crippen LogP contribution in [-0.4, -0.2) is 0 Å². The van der Waals surface area contributed by atoms with Gasteiger partial charge in [0.1, 0.15) is 0 Å². The zero-order chi connectivity index (χ0) is 9.97. The summed E-state index contributed by atoms with van der Waals surface area (Å²) in [5, 5.41) is 0. The van der Waals surface area contributed by atoms with Gasteiger partial charge >= 0.3 is 0 Å². The first-order chi connectivity index (χ1) is 6.75. The maximum Gasteiger partial charge on any atom is 0.0267 e. The van der Waals surface area contributed by atoms with E-state index in [0.717, 1.165) is 30.6 Å². The summed E-state index contributed by atoms with van der Waals surface area (Å²) in [5.41, 5.74) is 0. The Kier molecular flexibility index (Phi) is 5.49. The number of hydrogen-bond acceptors (Lipinski definition) is 0. The van der Waals surface area contributed by atoms with Gasteiger partial charge in [-0.15, -0.1) is 0 Å². The number of hydrogen-bond donors (Lipinski definition) is 0. The molecule has 0 heterocycles. The molecule has 0 bridgehead atoms. The molecule has 0 spiro atoms. The van der Waals surface area contributed by atoms with Gasteiger partial charge in [-0.3, -0.25) is 0 Å². The van der Waals surface area contributed by atoms with Crippen LogP contribution in [0.5, 0.6) is 0 Å². The molecule has 0 atom stereocenters. The van der Waals surface area contributed by atoms with Crippen LogP contribution in [-0.2, 0) is 32.7 Å². The van der Waals surface area contributed by atoms with Gasteiger partial charge in [-0.2, -0.15) is 5.92 Å². The summed E-state index contributed by atoms with van der Waals surface area (Å²) in [5.74, 6) is 2.68. The minimum atomic E-state index is 0. The van der Waals surface area contributed by atoms with Crippen LogP contribution in [0, 0.1) is 24.7 Å². The third kappa shape index (κ3) is 3.60. The Labute approximate surface area is 116 Å². The van der Waals surface area contributed by atoms with Crippen molar-refractivity contribution < 1.29 is 34.1 Å². The molecule has 0 saturated heterocycles. The molecular formula is C13H23Y-. The molecule has 0 amide bonds. The first-order valence-corrected chi connectivity index (χ1v) is 6.01. The van der Waals surface area contributed by atoms with E-state index in [4.69, 9.17) is 1.37 Å². The molecule has 0 nitrogen and oxygen atoms in total. The van der Waals surface area contributed by atoms with Gasteiger partial charge < -0.3 is 6.92 Å². The third-order valence-corrected chi connectivity index (χ3v) is 4.04. The van der Waals surface area contributed by atoms with Crippen LogP contribution in [0.3, 0.4) is 0 Å². The van der Waals surface area contributed by atoms with E-state index in [1.807, 2.05) is 0 Å². The van der Waals surface area contributed by atoms with E-state index in [-0.39, 0.29) is 39.1 Å². The average Bonchev–Trinajstić information content (AvgIpc) is 2.21. The Morgan fingerprint density at radius 3 is 1.93 bits per heavy atom. The van der Waals surface area contributed by atoms with Crippen LogP contribution in [0.25, 0.3) is 0 Å². The van der Waals surface area contributed by atoms with E-state index in [2.05, 4.69) is 6.92 Å². The van der Waals surface area contributed by atoms with E-state index >= 15 is 0 Å². The van der Waals surface area contributed by atoms with Crippen molar-refractivity contribution in [3.05, 3.63) is 6.92 Å². The molecule has 0 unspecified atom stereocenters. The molecular weight excluding hydrogens is 245 g/mol. The van der Waals surface area contributed by atoms with Crippen molar-refractivity contribution in [3.8, 4) is 0 Å². The maximum atomic E-state index is 7.70. The van der Waals surface area contributed by atoms with E-state index < -0.39 is 0 Å². The predicted molar refractivity (Wildman–Crippen MR) is 57.4 cm³/mol. The molecule has 2 aliphatic rings. The van der Waals surface area contributed by atoms with E-state index in [0.29, 0.717) is 0 Å². The minimum absolute atomic E-state index is 0. The zero-order valence-electron chi connectivity index (χ0n) is 10.3. The van der Waals surface area contributed by atoms with E-state index in [1.54, 1.807) is 0 Å². The van der Waals surface area contributed by atoms with Gasteiger partial charge in [0.25, 0.3) is 0 Å². The van der Waals surface area contributed by atoms with Gasteiger partial charge in [0, 0.05) is 34.1 Å². The van der Waals surface area contributed by atoms with Crippen molar-refractivity contribution in [2.24, 2.45) is 17.8 Å². The molecule has 0 N–H and O–H groups in total. The predicted octanol–water partition coefficient (Wildman–Crippen LogP) is 4.20.